The number of aliphatic imine (C=N–C) groups is 1. The lowest BCUT2D eigenvalue weighted by Gasteiger charge is -2.39. The van der Waals surface area contributed by atoms with Gasteiger partial charge in [0.25, 0.3) is 0 Å². The summed E-state index contributed by atoms with van der Waals surface area (Å²) < 4.78 is 0. The Balaban J connectivity index is 1.77. The Bertz CT molecular complexity index is 342. The van der Waals surface area contributed by atoms with Gasteiger partial charge < -0.3 is 10.6 Å². The summed E-state index contributed by atoms with van der Waals surface area (Å²) in [6.45, 7) is 0.801. The van der Waals surface area contributed by atoms with Crippen LogP contribution < -0.4 is 10.6 Å². The van der Waals surface area contributed by atoms with Crippen LogP contribution in [-0.4, -0.2) is 25.6 Å². The number of hydrogen-bond acceptors (Lipinski definition) is 1. The summed E-state index contributed by atoms with van der Waals surface area (Å²) >= 11 is 0. The van der Waals surface area contributed by atoms with E-state index >= 15 is 0 Å². The van der Waals surface area contributed by atoms with Crippen molar-refractivity contribution < 1.29 is 0 Å². The predicted octanol–water partition coefficient (Wildman–Crippen LogP) is 2.53. The maximum Gasteiger partial charge on any atom is 0.191 e. The summed E-state index contributed by atoms with van der Waals surface area (Å²) in [5.74, 6) is 5.51. The first kappa shape index (κ1) is 14.2. The first-order valence-corrected chi connectivity index (χ1v) is 7.74. The topological polar surface area (TPSA) is 36.4 Å². The van der Waals surface area contributed by atoms with Crippen LogP contribution in [0.25, 0.3) is 0 Å². The van der Waals surface area contributed by atoms with Gasteiger partial charge in [0.1, 0.15) is 0 Å². The Morgan fingerprint density at radius 2 is 2.00 bits per heavy atom. The van der Waals surface area contributed by atoms with Gasteiger partial charge >= 0.3 is 0 Å². The molecule has 0 aromatic rings. The highest BCUT2D eigenvalue weighted by atomic mass is 15.2. The van der Waals surface area contributed by atoms with E-state index in [2.05, 4.69) is 21.5 Å². The molecule has 0 spiro atoms. The van der Waals surface area contributed by atoms with Gasteiger partial charge in [-0.15, -0.1) is 12.3 Å². The molecule has 3 heteroatoms. The van der Waals surface area contributed by atoms with Crippen LogP contribution >= 0.6 is 0 Å². The molecule has 0 aromatic carbocycles. The van der Waals surface area contributed by atoms with Crippen LogP contribution in [0.3, 0.4) is 0 Å². The van der Waals surface area contributed by atoms with Gasteiger partial charge in [-0.2, -0.15) is 0 Å². The molecule has 19 heavy (non-hydrogen) atoms. The van der Waals surface area contributed by atoms with Crippen molar-refractivity contribution in [2.75, 3.05) is 13.6 Å². The molecule has 2 fully saturated rings. The van der Waals surface area contributed by atoms with E-state index < -0.39 is 0 Å². The van der Waals surface area contributed by atoms with E-state index in [1.54, 1.807) is 0 Å². The minimum atomic E-state index is 0.594. The summed E-state index contributed by atoms with van der Waals surface area (Å²) in [5, 5.41) is 6.85. The molecule has 0 aliphatic heterocycles. The Morgan fingerprint density at radius 1 is 1.21 bits per heavy atom. The van der Waals surface area contributed by atoms with Gasteiger partial charge in [-0.05, 0) is 31.1 Å². The highest BCUT2D eigenvalue weighted by Crippen LogP contribution is 2.40. The minimum Gasteiger partial charge on any atom is -0.355 e. The number of guanidine groups is 1. The van der Waals surface area contributed by atoms with Crippen LogP contribution in [0.1, 0.15) is 51.4 Å². The minimum absolute atomic E-state index is 0.594. The van der Waals surface area contributed by atoms with Crippen LogP contribution in [0.2, 0.25) is 0 Å². The molecule has 3 nitrogen and oxygen atoms in total. The van der Waals surface area contributed by atoms with Crippen LogP contribution in [-0.2, 0) is 0 Å². The molecular formula is C16H27N3. The second kappa shape index (κ2) is 7.43. The van der Waals surface area contributed by atoms with E-state index in [0.29, 0.717) is 6.04 Å². The molecule has 2 aliphatic rings. The highest BCUT2D eigenvalue weighted by molar-refractivity contribution is 5.79. The fourth-order valence-electron chi connectivity index (χ4n) is 3.65. The lowest BCUT2D eigenvalue weighted by atomic mass is 9.69. The molecule has 2 rings (SSSR count). The Morgan fingerprint density at radius 3 is 2.74 bits per heavy atom. The molecule has 2 aliphatic carbocycles. The zero-order chi connectivity index (χ0) is 13.5. The van der Waals surface area contributed by atoms with E-state index in [1.807, 2.05) is 7.05 Å². The molecule has 3 unspecified atom stereocenters. The fraction of sp³-hybridized carbons (Fsp3) is 0.812. The average Bonchev–Trinajstić information content (AvgIpc) is 2.46. The largest absolute Gasteiger partial charge is 0.355 e. The van der Waals surface area contributed by atoms with Crippen molar-refractivity contribution in [1.82, 2.24) is 10.6 Å². The number of fused-ring (bicyclic) bond motifs is 1. The van der Waals surface area contributed by atoms with Crippen LogP contribution in [0.15, 0.2) is 4.99 Å². The summed E-state index contributed by atoms with van der Waals surface area (Å²) in [5.41, 5.74) is 0. The van der Waals surface area contributed by atoms with Crippen molar-refractivity contribution >= 4 is 5.96 Å². The second-order valence-corrected chi connectivity index (χ2v) is 5.91. The van der Waals surface area contributed by atoms with Gasteiger partial charge in [-0.1, -0.05) is 25.7 Å². The van der Waals surface area contributed by atoms with Crippen LogP contribution in [0.5, 0.6) is 0 Å². The van der Waals surface area contributed by atoms with Gasteiger partial charge in [0, 0.05) is 26.1 Å². The van der Waals surface area contributed by atoms with Crippen molar-refractivity contribution in [2.45, 2.75) is 57.4 Å². The van der Waals surface area contributed by atoms with Crippen molar-refractivity contribution in [1.29, 1.82) is 0 Å². The van der Waals surface area contributed by atoms with E-state index in [-0.39, 0.29) is 0 Å². The molecule has 0 heterocycles. The standard InChI is InChI=1S/C16H27N3/c1-3-4-11-18-16(17-2)19-15-10-9-13-7-5-6-8-14(13)12-15/h1,13-15H,4-12H2,2H3,(H2,17,18,19). The third-order valence-electron chi connectivity index (χ3n) is 4.67. The quantitative estimate of drug-likeness (QED) is 0.354. The normalized spacial score (nSPS) is 31.2. The lowest BCUT2D eigenvalue weighted by molar-refractivity contribution is 0.150. The van der Waals surface area contributed by atoms with Crippen LogP contribution in [0, 0.1) is 24.2 Å². The highest BCUT2D eigenvalue weighted by Gasteiger charge is 2.32. The van der Waals surface area contributed by atoms with Crippen molar-refractivity contribution in [2.24, 2.45) is 16.8 Å². The maximum atomic E-state index is 5.26. The summed E-state index contributed by atoms with van der Waals surface area (Å²) in [7, 11) is 1.83. The molecule has 0 radical (unpaired) electrons. The predicted molar refractivity (Wildman–Crippen MR) is 81.0 cm³/mol. The zero-order valence-electron chi connectivity index (χ0n) is 12.1. The van der Waals surface area contributed by atoms with E-state index in [0.717, 1.165) is 30.8 Å². The van der Waals surface area contributed by atoms with E-state index in [9.17, 15) is 0 Å². The average molecular weight is 261 g/mol. The number of nitrogens with one attached hydrogen (secondary N) is 2. The fourth-order valence-corrected chi connectivity index (χ4v) is 3.65. The first-order chi connectivity index (χ1) is 9.33. The van der Waals surface area contributed by atoms with Crippen molar-refractivity contribution in [3.8, 4) is 12.3 Å². The Labute approximate surface area is 117 Å². The number of rotatable bonds is 3. The third-order valence-corrected chi connectivity index (χ3v) is 4.67. The van der Waals surface area contributed by atoms with Gasteiger partial charge in [-0.25, -0.2) is 0 Å². The zero-order valence-corrected chi connectivity index (χ0v) is 12.1. The van der Waals surface area contributed by atoms with Crippen LogP contribution in [0.4, 0.5) is 0 Å². The Kier molecular flexibility index (Phi) is 5.57. The lowest BCUT2D eigenvalue weighted by Crippen LogP contribution is -2.47. The maximum absolute atomic E-state index is 5.26. The molecular weight excluding hydrogens is 234 g/mol. The number of nitrogens with zero attached hydrogens (tertiary/aromatic N) is 1. The second-order valence-electron chi connectivity index (χ2n) is 5.91. The van der Waals surface area contributed by atoms with E-state index in [4.69, 9.17) is 6.42 Å². The summed E-state index contributed by atoms with van der Waals surface area (Å²) in [4.78, 5) is 4.28. The molecule has 0 aromatic heterocycles. The molecule has 3 atom stereocenters. The number of hydrogen-bond donors (Lipinski definition) is 2. The SMILES string of the molecule is C#CCCNC(=NC)NC1CCC2CCCCC2C1. The van der Waals surface area contributed by atoms with E-state index in [1.165, 1.54) is 44.9 Å². The van der Waals surface area contributed by atoms with Crippen molar-refractivity contribution in [3.05, 3.63) is 0 Å². The number of terminal acetylenes is 1. The molecule has 0 amide bonds. The summed E-state index contributed by atoms with van der Waals surface area (Å²) in [6, 6.07) is 0.594. The summed E-state index contributed by atoms with van der Waals surface area (Å²) in [6.07, 6.45) is 15.8. The third kappa shape index (κ3) is 4.16. The van der Waals surface area contributed by atoms with Gasteiger partial charge in [0.2, 0.25) is 0 Å². The smallest absolute Gasteiger partial charge is 0.191 e. The first-order valence-electron chi connectivity index (χ1n) is 7.74. The molecule has 0 bridgehead atoms. The van der Waals surface area contributed by atoms with Gasteiger partial charge in [0.05, 0.1) is 0 Å². The van der Waals surface area contributed by atoms with Gasteiger partial charge in [0.15, 0.2) is 5.96 Å². The molecule has 2 N–H and O–H groups in total. The molecule has 106 valence electrons. The van der Waals surface area contributed by atoms with Gasteiger partial charge in [-0.3, -0.25) is 4.99 Å². The monoisotopic (exact) mass is 261 g/mol. The molecule has 2 saturated carbocycles. The molecule has 0 saturated heterocycles. The van der Waals surface area contributed by atoms with Crippen molar-refractivity contribution in [3.63, 3.8) is 0 Å². The Hall–Kier alpha value is -1.17.